The molecule has 4 aromatic heterocycles. The van der Waals surface area contributed by atoms with Gasteiger partial charge in [-0.1, -0.05) is 6.92 Å². The average Bonchev–Trinajstić information content (AvgIpc) is 3.33. The minimum absolute atomic E-state index is 0.0615. The van der Waals surface area contributed by atoms with Crippen LogP contribution < -0.4 is 5.32 Å². The second kappa shape index (κ2) is 7.52. The number of thiophene rings is 1. The Morgan fingerprint density at radius 3 is 2.67 bits per heavy atom. The number of carbonyl (C=O) groups excluding carboxylic acids is 1. The SMILES string of the molecule is CCc1ccc(-c2cc(C(F)(F)F)n3nc(C(=O)Nc4cc(C)ccn4)cc3n2)s1. The maximum atomic E-state index is 13.7. The number of nitrogens with one attached hydrogen (secondary N) is 1. The predicted octanol–water partition coefficient (Wildman–Crippen LogP) is 4.99. The fraction of sp³-hybridized carbons (Fsp3) is 0.200. The molecule has 0 radical (unpaired) electrons. The lowest BCUT2D eigenvalue weighted by Gasteiger charge is -2.10. The van der Waals surface area contributed by atoms with E-state index in [0.717, 1.165) is 22.9 Å². The fourth-order valence-electron chi connectivity index (χ4n) is 2.90. The molecule has 0 aliphatic heterocycles. The summed E-state index contributed by atoms with van der Waals surface area (Å²) in [6.45, 7) is 3.80. The van der Waals surface area contributed by atoms with Crippen LogP contribution in [-0.4, -0.2) is 25.5 Å². The molecule has 10 heteroatoms. The van der Waals surface area contributed by atoms with Gasteiger partial charge in [-0.15, -0.1) is 11.3 Å². The summed E-state index contributed by atoms with van der Waals surface area (Å²) in [4.78, 5) is 22.5. The fourth-order valence-corrected chi connectivity index (χ4v) is 3.81. The lowest BCUT2D eigenvalue weighted by molar-refractivity contribution is -0.142. The molecule has 1 N–H and O–H groups in total. The van der Waals surface area contributed by atoms with Crippen LogP contribution in [0.1, 0.15) is 33.5 Å². The normalized spacial score (nSPS) is 11.8. The van der Waals surface area contributed by atoms with Crippen molar-refractivity contribution in [2.45, 2.75) is 26.4 Å². The summed E-state index contributed by atoms with van der Waals surface area (Å²) in [5.74, 6) is -0.384. The number of aryl methyl sites for hydroxylation is 2. The van der Waals surface area contributed by atoms with Gasteiger partial charge < -0.3 is 5.32 Å². The number of alkyl halides is 3. The van der Waals surface area contributed by atoms with Crippen molar-refractivity contribution >= 4 is 28.7 Å². The number of anilines is 1. The first-order valence-corrected chi connectivity index (χ1v) is 9.87. The van der Waals surface area contributed by atoms with Gasteiger partial charge in [0.05, 0.1) is 10.6 Å². The molecule has 0 unspecified atom stereocenters. The minimum Gasteiger partial charge on any atom is -0.305 e. The number of fused-ring (bicyclic) bond motifs is 1. The van der Waals surface area contributed by atoms with E-state index in [4.69, 9.17) is 0 Å². The van der Waals surface area contributed by atoms with Gasteiger partial charge in [0.15, 0.2) is 17.0 Å². The number of aromatic nitrogens is 4. The number of hydrogen-bond acceptors (Lipinski definition) is 5. The first-order valence-electron chi connectivity index (χ1n) is 9.05. The minimum atomic E-state index is -4.67. The van der Waals surface area contributed by atoms with E-state index in [9.17, 15) is 18.0 Å². The van der Waals surface area contributed by atoms with Gasteiger partial charge in [0, 0.05) is 17.1 Å². The van der Waals surface area contributed by atoms with E-state index >= 15 is 0 Å². The third-order valence-corrected chi connectivity index (χ3v) is 5.62. The zero-order valence-corrected chi connectivity index (χ0v) is 16.8. The van der Waals surface area contributed by atoms with E-state index in [1.165, 1.54) is 23.6 Å². The van der Waals surface area contributed by atoms with Crippen molar-refractivity contribution in [1.82, 2.24) is 19.6 Å². The maximum Gasteiger partial charge on any atom is 0.433 e. The van der Waals surface area contributed by atoms with E-state index in [2.05, 4.69) is 20.4 Å². The quantitative estimate of drug-likeness (QED) is 0.494. The number of rotatable bonds is 4. The Balaban J connectivity index is 1.77. The molecular weight excluding hydrogens is 415 g/mol. The van der Waals surface area contributed by atoms with Crippen molar-refractivity contribution in [2.75, 3.05) is 5.32 Å². The Hall–Kier alpha value is -3.27. The number of halogens is 3. The van der Waals surface area contributed by atoms with Crippen LogP contribution >= 0.6 is 11.3 Å². The summed E-state index contributed by atoms with van der Waals surface area (Å²) in [5, 5.41) is 6.39. The smallest absolute Gasteiger partial charge is 0.305 e. The second-order valence-electron chi connectivity index (χ2n) is 6.62. The lowest BCUT2D eigenvalue weighted by Crippen LogP contribution is -2.16. The molecule has 4 aromatic rings. The van der Waals surface area contributed by atoms with Crippen molar-refractivity contribution in [1.29, 1.82) is 0 Å². The number of pyridine rings is 1. The maximum absolute atomic E-state index is 13.7. The molecule has 30 heavy (non-hydrogen) atoms. The molecule has 0 aliphatic carbocycles. The van der Waals surface area contributed by atoms with Gasteiger partial charge in [-0.3, -0.25) is 4.79 Å². The highest BCUT2D eigenvalue weighted by molar-refractivity contribution is 7.15. The molecule has 0 bridgehead atoms. The van der Waals surface area contributed by atoms with Gasteiger partial charge >= 0.3 is 6.18 Å². The third-order valence-electron chi connectivity index (χ3n) is 4.37. The van der Waals surface area contributed by atoms with Crippen LogP contribution in [0.15, 0.2) is 42.6 Å². The van der Waals surface area contributed by atoms with Crippen molar-refractivity contribution in [3.8, 4) is 10.6 Å². The van der Waals surface area contributed by atoms with E-state index < -0.39 is 17.8 Å². The first-order chi connectivity index (χ1) is 14.2. The van der Waals surface area contributed by atoms with Crippen LogP contribution in [-0.2, 0) is 12.6 Å². The summed E-state index contributed by atoms with van der Waals surface area (Å²) in [6.07, 6.45) is -2.36. The van der Waals surface area contributed by atoms with Crippen LogP contribution in [0.2, 0.25) is 0 Å². The van der Waals surface area contributed by atoms with Crippen molar-refractivity contribution in [3.05, 3.63) is 64.4 Å². The van der Waals surface area contributed by atoms with Gasteiger partial charge in [-0.2, -0.15) is 18.3 Å². The highest BCUT2D eigenvalue weighted by Crippen LogP contribution is 2.34. The number of carbonyl (C=O) groups is 1. The predicted molar refractivity (Wildman–Crippen MR) is 108 cm³/mol. The van der Waals surface area contributed by atoms with Gasteiger partial charge in [-0.05, 0) is 49.2 Å². The molecular formula is C20H16F3N5OS. The summed E-state index contributed by atoms with van der Waals surface area (Å²) < 4.78 is 41.7. The topological polar surface area (TPSA) is 72.2 Å². The largest absolute Gasteiger partial charge is 0.433 e. The summed E-state index contributed by atoms with van der Waals surface area (Å²) in [7, 11) is 0. The van der Waals surface area contributed by atoms with Gasteiger partial charge in [0.25, 0.3) is 5.91 Å². The van der Waals surface area contributed by atoms with Crippen LogP contribution in [0.3, 0.4) is 0 Å². The van der Waals surface area contributed by atoms with Crippen LogP contribution in [0.4, 0.5) is 19.0 Å². The Morgan fingerprint density at radius 2 is 2.00 bits per heavy atom. The molecule has 0 spiro atoms. The average molecular weight is 431 g/mol. The molecule has 154 valence electrons. The molecule has 4 rings (SSSR count). The van der Waals surface area contributed by atoms with E-state index in [0.29, 0.717) is 9.39 Å². The Bertz CT molecular complexity index is 1240. The van der Waals surface area contributed by atoms with Gasteiger partial charge in [0.2, 0.25) is 0 Å². The lowest BCUT2D eigenvalue weighted by atomic mass is 10.2. The summed E-state index contributed by atoms with van der Waals surface area (Å²) >= 11 is 1.38. The molecule has 0 saturated heterocycles. The molecule has 0 aliphatic rings. The number of hydrogen-bond donors (Lipinski definition) is 1. The summed E-state index contributed by atoms with van der Waals surface area (Å²) in [5.41, 5.74) is -0.181. The highest BCUT2D eigenvalue weighted by Gasteiger charge is 2.35. The zero-order valence-electron chi connectivity index (χ0n) is 16.0. The molecule has 4 heterocycles. The number of amides is 1. The molecule has 1 amide bonds. The molecule has 0 fully saturated rings. The Labute approximate surface area is 173 Å². The molecule has 0 saturated carbocycles. The van der Waals surface area contributed by atoms with Crippen molar-refractivity contribution < 1.29 is 18.0 Å². The van der Waals surface area contributed by atoms with Gasteiger partial charge in [-0.25, -0.2) is 14.5 Å². The highest BCUT2D eigenvalue weighted by atomic mass is 32.1. The zero-order chi connectivity index (χ0) is 21.5. The van der Waals surface area contributed by atoms with Crippen molar-refractivity contribution in [2.24, 2.45) is 0 Å². The summed E-state index contributed by atoms with van der Waals surface area (Å²) in [6, 6.07) is 9.20. The monoisotopic (exact) mass is 431 g/mol. The molecule has 0 atom stereocenters. The number of nitrogens with zero attached hydrogens (tertiary/aromatic N) is 4. The third kappa shape index (κ3) is 3.90. The molecule has 0 aromatic carbocycles. The van der Waals surface area contributed by atoms with Gasteiger partial charge in [0.1, 0.15) is 5.82 Å². The Morgan fingerprint density at radius 1 is 1.20 bits per heavy atom. The van der Waals surface area contributed by atoms with E-state index in [1.54, 1.807) is 18.2 Å². The van der Waals surface area contributed by atoms with Crippen molar-refractivity contribution in [3.63, 3.8) is 0 Å². The van der Waals surface area contributed by atoms with Crippen LogP contribution in [0.5, 0.6) is 0 Å². The van der Waals surface area contributed by atoms with E-state index in [-0.39, 0.29) is 22.9 Å². The standard InChI is InChI=1S/C20H16F3N5OS/c1-3-12-4-5-15(30-12)13-9-16(20(21,22)23)28-18(25-13)10-14(27-28)19(29)26-17-8-11(2)6-7-24-17/h4-10H,3H2,1-2H3,(H,24,26,29). The van der Waals surface area contributed by atoms with E-state index in [1.807, 2.05) is 19.9 Å². The van der Waals surface area contributed by atoms with Crippen LogP contribution in [0, 0.1) is 6.92 Å². The first kappa shape index (κ1) is 20.0. The molecule has 6 nitrogen and oxygen atoms in total. The van der Waals surface area contributed by atoms with Crippen LogP contribution in [0.25, 0.3) is 16.2 Å². The Kier molecular flexibility index (Phi) is 5.02. The second-order valence-corrected chi connectivity index (χ2v) is 7.78.